The SMILES string of the molecule is Fc1ccccc1C[NH+]1CC[NH+](C2CCCC2)CC1. The largest absolute Gasteiger partial charge is 0.323 e. The number of piperazine rings is 1. The van der Waals surface area contributed by atoms with Gasteiger partial charge in [-0.1, -0.05) is 18.2 Å². The van der Waals surface area contributed by atoms with Crippen molar-refractivity contribution < 1.29 is 14.2 Å². The number of quaternary nitrogens is 2. The van der Waals surface area contributed by atoms with Gasteiger partial charge in [0, 0.05) is 5.56 Å². The van der Waals surface area contributed by atoms with Crippen LogP contribution >= 0.6 is 0 Å². The predicted octanol–water partition coefficient (Wildman–Crippen LogP) is 0.0517. The van der Waals surface area contributed by atoms with Crippen LogP contribution < -0.4 is 9.80 Å². The zero-order valence-corrected chi connectivity index (χ0v) is 11.6. The molecule has 3 rings (SSSR count). The smallest absolute Gasteiger partial charge is 0.132 e. The second kappa shape index (κ2) is 6.02. The zero-order valence-electron chi connectivity index (χ0n) is 11.6. The molecule has 2 aliphatic rings. The summed E-state index contributed by atoms with van der Waals surface area (Å²) in [6.45, 7) is 5.79. The van der Waals surface area contributed by atoms with Gasteiger partial charge < -0.3 is 9.80 Å². The summed E-state index contributed by atoms with van der Waals surface area (Å²) in [6, 6.07) is 8.15. The van der Waals surface area contributed by atoms with Crippen LogP contribution in [0.4, 0.5) is 4.39 Å². The van der Waals surface area contributed by atoms with Crippen molar-refractivity contribution >= 4 is 0 Å². The Hall–Kier alpha value is -0.930. The molecule has 0 amide bonds. The molecule has 2 N–H and O–H groups in total. The molecule has 1 saturated carbocycles. The topological polar surface area (TPSA) is 8.88 Å². The quantitative estimate of drug-likeness (QED) is 0.763. The Balaban J connectivity index is 1.51. The zero-order chi connectivity index (χ0) is 13.1. The summed E-state index contributed by atoms with van der Waals surface area (Å²) in [5, 5.41) is 0. The molecule has 0 aromatic heterocycles. The lowest BCUT2D eigenvalue weighted by Gasteiger charge is -2.33. The molecule has 0 spiro atoms. The molecule has 3 heteroatoms. The third-order valence-corrected chi connectivity index (χ3v) is 4.93. The standard InChI is InChI=1S/C16H23FN2/c17-16-8-4-1-5-14(16)13-18-9-11-19(12-10-18)15-6-2-3-7-15/h1,4-5,8,15H,2-3,6-7,9-13H2/p+2. The molecule has 1 aliphatic carbocycles. The third kappa shape index (κ3) is 3.15. The molecule has 1 aliphatic heterocycles. The minimum Gasteiger partial charge on any atom is -0.323 e. The van der Waals surface area contributed by atoms with Gasteiger partial charge in [0.1, 0.15) is 38.5 Å². The third-order valence-electron chi connectivity index (χ3n) is 4.93. The summed E-state index contributed by atoms with van der Waals surface area (Å²) in [7, 11) is 0. The first-order valence-corrected chi connectivity index (χ1v) is 7.74. The molecular formula is C16H25FN2+2. The van der Waals surface area contributed by atoms with E-state index in [-0.39, 0.29) is 5.82 Å². The van der Waals surface area contributed by atoms with E-state index in [0.29, 0.717) is 0 Å². The fourth-order valence-electron chi connectivity index (χ4n) is 3.75. The summed E-state index contributed by atoms with van der Waals surface area (Å²) in [4.78, 5) is 3.36. The molecule has 1 saturated heterocycles. The maximum absolute atomic E-state index is 13.6. The van der Waals surface area contributed by atoms with Crippen LogP contribution in [0, 0.1) is 5.82 Å². The van der Waals surface area contributed by atoms with Gasteiger partial charge in [-0.2, -0.15) is 0 Å². The molecule has 0 atom stereocenters. The Morgan fingerprint density at radius 3 is 2.37 bits per heavy atom. The Labute approximate surface area is 115 Å². The molecule has 2 fully saturated rings. The summed E-state index contributed by atoms with van der Waals surface area (Å²) >= 11 is 0. The highest BCUT2D eigenvalue weighted by atomic mass is 19.1. The molecule has 2 nitrogen and oxygen atoms in total. The van der Waals surface area contributed by atoms with E-state index in [1.807, 2.05) is 17.0 Å². The second-order valence-corrected chi connectivity index (χ2v) is 6.16. The number of hydrogen-bond donors (Lipinski definition) is 2. The normalized spacial score (nSPS) is 28.7. The predicted molar refractivity (Wildman–Crippen MR) is 73.8 cm³/mol. The van der Waals surface area contributed by atoms with Crippen LogP contribution in [0.2, 0.25) is 0 Å². The molecule has 104 valence electrons. The Bertz CT molecular complexity index is 407. The molecule has 1 aromatic rings. The van der Waals surface area contributed by atoms with Gasteiger partial charge in [-0.05, 0) is 31.7 Å². The van der Waals surface area contributed by atoms with Crippen molar-refractivity contribution in [2.45, 2.75) is 38.3 Å². The van der Waals surface area contributed by atoms with Crippen molar-refractivity contribution in [1.29, 1.82) is 0 Å². The van der Waals surface area contributed by atoms with Gasteiger partial charge in [-0.3, -0.25) is 0 Å². The van der Waals surface area contributed by atoms with Crippen LogP contribution in [0.3, 0.4) is 0 Å². The molecule has 1 heterocycles. The molecule has 0 radical (unpaired) electrons. The molecule has 0 unspecified atom stereocenters. The number of nitrogens with one attached hydrogen (secondary N) is 2. The van der Waals surface area contributed by atoms with Gasteiger partial charge in [0.25, 0.3) is 0 Å². The first-order chi connectivity index (χ1) is 9.33. The van der Waals surface area contributed by atoms with Gasteiger partial charge in [0.05, 0.1) is 6.04 Å². The van der Waals surface area contributed by atoms with E-state index in [1.54, 1.807) is 17.0 Å². The molecule has 0 bridgehead atoms. The molecule has 1 aromatic carbocycles. The van der Waals surface area contributed by atoms with E-state index >= 15 is 0 Å². The van der Waals surface area contributed by atoms with Crippen LogP contribution in [0.15, 0.2) is 24.3 Å². The summed E-state index contributed by atoms with van der Waals surface area (Å²) < 4.78 is 13.6. The average molecular weight is 264 g/mol. The summed E-state index contributed by atoms with van der Waals surface area (Å²) in [5.41, 5.74) is 0.877. The minimum absolute atomic E-state index is 0.0411. The van der Waals surface area contributed by atoms with E-state index < -0.39 is 0 Å². The Kier molecular flexibility index (Phi) is 4.14. The average Bonchev–Trinajstić information content (AvgIpc) is 2.96. The summed E-state index contributed by atoms with van der Waals surface area (Å²) in [6.07, 6.45) is 5.72. The van der Waals surface area contributed by atoms with Gasteiger partial charge in [-0.15, -0.1) is 0 Å². The Morgan fingerprint density at radius 2 is 1.68 bits per heavy atom. The first kappa shape index (κ1) is 13.1. The van der Waals surface area contributed by atoms with E-state index in [9.17, 15) is 4.39 Å². The van der Waals surface area contributed by atoms with Crippen molar-refractivity contribution in [2.24, 2.45) is 0 Å². The van der Waals surface area contributed by atoms with Gasteiger partial charge in [-0.25, -0.2) is 4.39 Å². The monoisotopic (exact) mass is 264 g/mol. The van der Waals surface area contributed by atoms with Gasteiger partial charge in [0.15, 0.2) is 0 Å². The van der Waals surface area contributed by atoms with Crippen LogP contribution in [0.5, 0.6) is 0 Å². The van der Waals surface area contributed by atoms with E-state index in [2.05, 4.69) is 0 Å². The van der Waals surface area contributed by atoms with E-state index in [4.69, 9.17) is 0 Å². The van der Waals surface area contributed by atoms with Gasteiger partial charge in [0.2, 0.25) is 0 Å². The van der Waals surface area contributed by atoms with Crippen molar-refractivity contribution in [3.8, 4) is 0 Å². The number of benzene rings is 1. The van der Waals surface area contributed by atoms with Crippen LogP contribution in [-0.4, -0.2) is 32.2 Å². The highest BCUT2D eigenvalue weighted by molar-refractivity contribution is 5.15. The van der Waals surface area contributed by atoms with Crippen molar-refractivity contribution in [3.05, 3.63) is 35.6 Å². The van der Waals surface area contributed by atoms with Crippen molar-refractivity contribution in [2.75, 3.05) is 26.2 Å². The number of hydrogen-bond acceptors (Lipinski definition) is 0. The summed E-state index contributed by atoms with van der Waals surface area (Å²) in [5.74, 6) is -0.0411. The van der Waals surface area contributed by atoms with Crippen LogP contribution in [0.1, 0.15) is 31.2 Å². The van der Waals surface area contributed by atoms with Crippen molar-refractivity contribution in [1.82, 2.24) is 0 Å². The lowest BCUT2D eigenvalue weighted by Crippen LogP contribution is -3.29. The highest BCUT2D eigenvalue weighted by Gasteiger charge is 2.31. The maximum atomic E-state index is 13.6. The molecular weight excluding hydrogens is 239 g/mol. The van der Waals surface area contributed by atoms with Crippen LogP contribution in [0.25, 0.3) is 0 Å². The van der Waals surface area contributed by atoms with E-state index in [1.165, 1.54) is 51.9 Å². The Morgan fingerprint density at radius 1 is 1.00 bits per heavy atom. The lowest BCUT2D eigenvalue weighted by atomic mass is 10.1. The maximum Gasteiger partial charge on any atom is 0.132 e. The first-order valence-electron chi connectivity index (χ1n) is 7.74. The van der Waals surface area contributed by atoms with Crippen molar-refractivity contribution in [3.63, 3.8) is 0 Å². The second-order valence-electron chi connectivity index (χ2n) is 6.16. The van der Waals surface area contributed by atoms with Crippen LogP contribution in [-0.2, 0) is 6.54 Å². The molecule has 19 heavy (non-hydrogen) atoms. The highest BCUT2D eigenvalue weighted by Crippen LogP contribution is 2.15. The fourth-order valence-corrected chi connectivity index (χ4v) is 3.75. The minimum atomic E-state index is -0.0411. The fraction of sp³-hybridized carbons (Fsp3) is 0.625. The number of rotatable bonds is 3. The van der Waals surface area contributed by atoms with Gasteiger partial charge >= 0.3 is 0 Å². The lowest BCUT2D eigenvalue weighted by molar-refractivity contribution is -1.03. The van der Waals surface area contributed by atoms with E-state index in [0.717, 1.165) is 18.2 Å². The number of halogens is 1.